The summed E-state index contributed by atoms with van der Waals surface area (Å²) in [6.07, 6.45) is 0.517. The van der Waals surface area contributed by atoms with E-state index in [0.29, 0.717) is 45.9 Å². The first-order valence-corrected chi connectivity index (χ1v) is 9.45. The van der Waals surface area contributed by atoms with E-state index in [1.165, 1.54) is 0 Å². The van der Waals surface area contributed by atoms with Gasteiger partial charge >= 0.3 is 0 Å². The third kappa shape index (κ3) is 6.95. The Labute approximate surface area is 156 Å². The van der Waals surface area contributed by atoms with Crippen LogP contribution in [0.5, 0.6) is 0 Å². The third-order valence-electron chi connectivity index (χ3n) is 4.65. The summed E-state index contributed by atoms with van der Waals surface area (Å²) in [4.78, 5) is 0. The second-order valence-electron chi connectivity index (χ2n) is 6.94. The number of aliphatic hydroxyl groups is 2. The normalized spacial score (nSPS) is 24.5. The van der Waals surface area contributed by atoms with Crippen LogP contribution >= 0.6 is 0 Å². The molecule has 0 aliphatic carbocycles. The smallest absolute Gasteiger partial charge is 0.0793 e. The summed E-state index contributed by atoms with van der Waals surface area (Å²) in [6, 6.07) is 8.21. The number of benzene rings is 1. The summed E-state index contributed by atoms with van der Waals surface area (Å²) in [5, 5.41) is 23.1. The van der Waals surface area contributed by atoms with Gasteiger partial charge in [0.1, 0.15) is 0 Å². The second-order valence-corrected chi connectivity index (χ2v) is 6.94. The summed E-state index contributed by atoms with van der Waals surface area (Å²) in [5.41, 5.74) is 2.19. The molecule has 1 aromatic rings. The maximum Gasteiger partial charge on any atom is 0.0793 e. The van der Waals surface area contributed by atoms with Crippen molar-refractivity contribution in [1.82, 2.24) is 5.32 Å². The molecule has 4 atom stereocenters. The van der Waals surface area contributed by atoms with Crippen LogP contribution in [0.3, 0.4) is 0 Å². The molecule has 6 nitrogen and oxygen atoms in total. The van der Waals surface area contributed by atoms with Crippen LogP contribution in [0.15, 0.2) is 24.3 Å². The van der Waals surface area contributed by atoms with Gasteiger partial charge in [0.2, 0.25) is 0 Å². The molecule has 0 saturated carbocycles. The molecule has 148 valence electrons. The lowest BCUT2D eigenvalue weighted by Crippen LogP contribution is -2.49. The lowest BCUT2D eigenvalue weighted by molar-refractivity contribution is -0.0326. The zero-order valence-electron chi connectivity index (χ0n) is 15.9. The molecule has 2 unspecified atom stereocenters. The Hall–Kier alpha value is -1.02. The first-order chi connectivity index (χ1) is 12.6. The van der Waals surface area contributed by atoms with Gasteiger partial charge in [0.05, 0.1) is 24.9 Å². The van der Waals surface area contributed by atoms with Crippen molar-refractivity contribution in [2.24, 2.45) is 0 Å². The SMILES string of the molecule is COCCCOCc1ccc(C2[C@@H](O)CNC[C@H]2OCCC(C)O)cc1. The van der Waals surface area contributed by atoms with Gasteiger partial charge in [-0.2, -0.15) is 0 Å². The summed E-state index contributed by atoms with van der Waals surface area (Å²) >= 11 is 0. The highest BCUT2D eigenvalue weighted by Gasteiger charge is 2.34. The monoisotopic (exact) mass is 367 g/mol. The number of rotatable bonds is 11. The number of ether oxygens (including phenoxy) is 3. The topological polar surface area (TPSA) is 80.2 Å². The Morgan fingerprint density at radius 1 is 1.15 bits per heavy atom. The van der Waals surface area contributed by atoms with Crippen LogP contribution in [0.25, 0.3) is 0 Å². The summed E-state index contributed by atoms with van der Waals surface area (Å²) in [6.45, 7) is 5.47. The highest BCUT2D eigenvalue weighted by atomic mass is 16.5. The molecule has 0 spiro atoms. The number of aliphatic hydroxyl groups excluding tert-OH is 2. The molecule has 1 aliphatic heterocycles. The van der Waals surface area contributed by atoms with E-state index in [1.807, 2.05) is 12.1 Å². The first-order valence-electron chi connectivity index (χ1n) is 9.45. The molecule has 1 heterocycles. The van der Waals surface area contributed by atoms with Crippen molar-refractivity contribution in [2.45, 2.75) is 50.6 Å². The fourth-order valence-corrected chi connectivity index (χ4v) is 3.20. The predicted molar refractivity (Wildman–Crippen MR) is 100 cm³/mol. The highest BCUT2D eigenvalue weighted by Crippen LogP contribution is 2.28. The first kappa shape index (κ1) is 21.3. The van der Waals surface area contributed by atoms with E-state index in [4.69, 9.17) is 14.2 Å². The quantitative estimate of drug-likeness (QED) is 0.514. The number of hydrogen-bond acceptors (Lipinski definition) is 6. The van der Waals surface area contributed by atoms with Crippen LogP contribution in [-0.4, -0.2) is 68.5 Å². The van der Waals surface area contributed by atoms with E-state index in [1.54, 1.807) is 14.0 Å². The number of piperidine rings is 1. The van der Waals surface area contributed by atoms with Gasteiger partial charge in [0.25, 0.3) is 0 Å². The maximum absolute atomic E-state index is 10.5. The van der Waals surface area contributed by atoms with Crippen LogP contribution in [0, 0.1) is 0 Å². The van der Waals surface area contributed by atoms with Crippen molar-refractivity contribution in [1.29, 1.82) is 0 Å². The minimum Gasteiger partial charge on any atom is -0.393 e. The fraction of sp³-hybridized carbons (Fsp3) is 0.700. The number of hydrogen-bond donors (Lipinski definition) is 3. The summed E-state index contributed by atoms with van der Waals surface area (Å²) in [5.74, 6) is -0.0677. The minimum atomic E-state index is -0.489. The van der Waals surface area contributed by atoms with Gasteiger partial charge in [-0.3, -0.25) is 0 Å². The molecule has 0 amide bonds. The predicted octanol–water partition coefficient (Wildman–Crippen LogP) is 1.44. The second kappa shape index (κ2) is 11.6. The van der Waals surface area contributed by atoms with Crippen molar-refractivity contribution in [3.63, 3.8) is 0 Å². The molecule has 1 aromatic carbocycles. The summed E-state index contributed by atoms with van der Waals surface area (Å²) in [7, 11) is 1.69. The zero-order valence-corrected chi connectivity index (χ0v) is 15.9. The lowest BCUT2D eigenvalue weighted by atomic mass is 9.85. The molecule has 1 saturated heterocycles. The lowest BCUT2D eigenvalue weighted by Gasteiger charge is -2.36. The molecule has 3 N–H and O–H groups in total. The molecule has 26 heavy (non-hydrogen) atoms. The van der Waals surface area contributed by atoms with E-state index < -0.39 is 6.10 Å². The van der Waals surface area contributed by atoms with Gasteiger partial charge in [-0.05, 0) is 30.9 Å². The Balaban J connectivity index is 1.90. The molecule has 6 heteroatoms. The van der Waals surface area contributed by atoms with Crippen molar-refractivity contribution in [3.05, 3.63) is 35.4 Å². The standard InChI is InChI=1S/C20H33NO5/c1-15(22)8-11-26-19-13-21-12-18(23)20(19)17-6-4-16(5-7-17)14-25-10-3-9-24-2/h4-7,15,18-23H,3,8-14H2,1-2H3/t15?,18-,19+,20?/m0/s1. The zero-order chi connectivity index (χ0) is 18.8. The van der Waals surface area contributed by atoms with Crippen molar-refractivity contribution < 1.29 is 24.4 Å². The number of nitrogens with one attached hydrogen (secondary N) is 1. The number of methoxy groups -OCH3 is 1. The van der Waals surface area contributed by atoms with Crippen molar-refractivity contribution >= 4 is 0 Å². The average Bonchev–Trinajstić information content (AvgIpc) is 2.62. The molecule has 2 rings (SSSR count). The van der Waals surface area contributed by atoms with Gasteiger partial charge in [-0.25, -0.2) is 0 Å². The Morgan fingerprint density at radius 3 is 2.62 bits per heavy atom. The van der Waals surface area contributed by atoms with Gasteiger partial charge in [-0.15, -0.1) is 0 Å². The van der Waals surface area contributed by atoms with Crippen LogP contribution in [0.2, 0.25) is 0 Å². The molecule has 0 bridgehead atoms. The van der Waals surface area contributed by atoms with Gasteiger partial charge < -0.3 is 29.7 Å². The van der Waals surface area contributed by atoms with Crippen molar-refractivity contribution in [2.75, 3.05) is 40.0 Å². The van der Waals surface area contributed by atoms with Gasteiger partial charge in [-0.1, -0.05) is 24.3 Å². The van der Waals surface area contributed by atoms with E-state index in [9.17, 15) is 10.2 Å². The molecule has 1 aliphatic rings. The molecular weight excluding hydrogens is 334 g/mol. The Morgan fingerprint density at radius 2 is 1.92 bits per heavy atom. The van der Waals surface area contributed by atoms with Crippen LogP contribution < -0.4 is 5.32 Å². The highest BCUT2D eigenvalue weighted by molar-refractivity contribution is 5.27. The maximum atomic E-state index is 10.5. The van der Waals surface area contributed by atoms with Gasteiger partial charge in [0, 0.05) is 45.9 Å². The summed E-state index contributed by atoms with van der Waals surface area (Å²) < 4.78 is 16.6. The van der Waals surface area contributed by atoms with Crippen LogP contribution in [0.1, 0.15) is 36.8 Å². The molecule has 1 fully saturated rings. The fourth-order valence-electron chi connectivity index (χ4n) is 3.20. The minimum absolute atomic E-state index is 0.0677. The van der Waals surface area contributed by atoms with Gasteiger partial charge in [0.15, 0.2) is 0 Å². The van der Waals surface area contributed by atoms with E-state index in [-0.39, 0.29) is 18.1 Å². The largest absolute Gasteiger partial charge is 0.393 e. The number of β-amino-alcohol motifs (C(OH)–C–C–N with tert-alkyl or cyclic N) is 1. The average molecular weight is 367 g/mol. The van der Waals surface area contributed by atoms with E-state index in [2.05, 4.69) is 17.4 Å². The Bertz CT molecular complexity index is 493. The third-order valence-corrected chi connectivity index (χ3v) is 4.65. The van der Waals surface area contributed by atoms with Crippen LogP contribution in [-0.2, 0) is 20.8 Å². The van der Waals surface area contributed by atoms with Crippen molar-refractivity contribution in [3.8, 4) is 0 Å². The van der Waals surface area contributed by atoms with E-state index in [0.717, 1.165) is 17.5 Å². The Kier molecular flexibility index (Phi) is 9.53. The van der Waals surface area contributed by atoms with E-state index >= 15 is 0 Å². The van der Waals surface area contributed by atoms with Crippen LogP contribution in [0.4, 0.5) is 0 Å². The molecule has 0 radical (unpaired) electrons. The molecular formula is C20H33NO5. The molecule has 0 aromatic heterocycles.